The van der Waals surface area contributed by atoms with E-state index in [1.807, 2.05) is 6.08 Å². The van der Waals surface area contributed by atoms with Crippen LogP contribution in [0.2, 0.25) is 0 Å². The normalized spacial score (nSPS) is 13.0. The highest BCUT2D eigenvalue weighted by molar-refractivity contribution is 5.76. The van der Waals surface area contributed by atoms with Crippen molar-refractivity contribution >= 4 is 5.91 Å². The number of unbranched alkanes of at least 4 members (excludes halogenated alkanes) is 35. The second kappa shape index (κ2) is 42.5. The fraction of sp³-hybridized carbons (Fsp3) is 0.935. The van der Waals surface area contributed by atoms with E-state index in [2.05, 4.69) is 19.2 Å². The van der Waals surface area contributed by atoms with E-state index in [9.17, 15) is 15.0 Å². The van der Waals surface area contributed by atoms with E-state index >= 15 is 0 Å². The van der Waals surface area contributed by atoms with Crippen LogP contribution >= 0.6 is 0 Å². The van der Waals surface area contributed by atoms with Crippen molar-refractivity contribution in [3.05, 3.63) is 12.2 Å². The lowest BCUT2D eigenvalue weighted by molar-refractivity contribution is -0.123. The van der Waals surface area contributed by atoms with Crippen molar-refractivity contribution < 1.29 is 15.0 Å². The molecule has 4 nitrogen and oxygen atoms in total. The molecular formula is C46H91NO3. The molecule has 298 valence electrons. The lowest BCUT2D eigenvalue weighted by Crippen LogP contribution is -2.45. The summed E-state index contributed by atoms with van der Waals surface area (Å²) in [6.07, 6.45) is 53.3. The third-order valence-electron chi connectivity index (χ3n) is 10.8. The molecule has 4 heteroatoms. The first kappa shape index (κ1) is 49.1. The molecule has 0 radical (unpaired) electrons. The molecule has 0 aliphatic carbocycles. The van der Waals surface area contributed by atoms with E-state index in [-0.39, 0.29) is 12.5 Å². The molecule has 1 amide bonds. The van der Waals surface area contributed by atoms with E-state index in [1.54, 1.807) is 6.08 Å². The lowest BCUT2D eigenvalue weighted by Gasteiger charge is -2.20. The summed E-state index contributed by atoms with van der Waals surface area (Å²) in [6.45, 7) is 4.33. The van der Waals surface area contributed by atoms with Crippen LogP contribution in [0.25, 0.3) is 0 Å². The lowest BCUT2D eigenvalue weighted by atomic mass is 10.0. The number of amides is 1. The number of hydrogen-bond donors (Lipinski definition) is 3. The van der Waals surface area contributed by atoms with Gasteiger partial charge in [0.05, 0.1) is 18.8 Å². The summed E-state index contributed by atoms with van der Waals surface area (Å²) in [5, 5.41) is 23.0. The zero-order valence-corrected chi connectivity index (χ0v) is 34.2. The summed E-state index contributed by atoms with van der Waals surface area (Å²) in [7, 11) is 0. The van der Waals surface area contributed by atoms with Crippen LogP contribution in [0.5, 0.6) is 0 Å². The monoisotopic (exact) mass is 706 g/mol. The van der Waals surface area contributed by atoms with Crippen LogP contribution in [0.15, 0.2) is 12.2 Å². The van der Waals surface area contributed by atoms with Crippen LogP contribution in [0, 0.1) is 0 Å². The summed E-state index contributed by atoms with van der Waals surface area (Å²) in [4.78, 5) is 12.4. The highest BCUT2D eigenvalue weighted by atomic mass is 16.3. The smallest absolute Gasteiger partial charge is 0.220 e. The Bertz CT molecular complexity index is 680. The van der Waals surface area contributed by atoms with Crippen molar-refractivity contribution in [3.8, 4) is 0 Å². The van der Waals surface area contributed by atoms with Crippen LogP contribution in [-0.4, -0.2) is 34.9 Å². The van der Waals surface area contributed by atoms with E-state index in [0.717, 1.165) is 25.7 Å². The van der Waals surface area contributed by atoms with Gasteiger partial charge in [-0.15, -0.1) is 0 Å². The van der Waals surface area contributed by atoms with Gasteiger partial charge in [-0.1, -0.05) is 244 Å². The quantitative estimate of drug-likeness (QED) is 0.0437. The van der Waals surface area contributed by atoms with Crippen molar-refractivity contribution in [2.24, 2.45) is 0 Å². The molecular weight excluding hydrogens is 615 g/mol. The number of carbonyl (C=O) groups excluding carboxylic acids is 1. The standard InChI is InChI=1S/C46H91NO3/c1-3-5-7-9-11-13-15-17-19-20-21-22-23-24-25-26-27-28-30-32-34-36-38-40-42-46(50)47-44(43-48)45(49)41-39-37-35-33-31-29-18-16-14-12-10-8-6-4-2/h39,41,44-45,48-49H,3-38,40,42-43H2,1-2H3,(H,47,50)/b41-39+. The van der Waals surface area contributed by atoms with Crippen molar-refractivity contribution in [2.45, 2.75) is 270 Å². The second-order valence-electron chi connectivity index (χ2n) is 15.8. The van der Waals surface area contributed by atoms with Gasteiger partial charge in [-0.25, -0.2) is 0 Å². The van der Waals surface area contributed by atoms with Gasteiger partial charge in [0.25, 0.3) is 0 Å². The molecule has 0 aromatic heterocycles. The number of carbonyl (C=O) groups is 1. The molecule has 0 saturated carbocycles. The third-order valence-corrected chi connectivity index (χ3v) is 10.8. The zero-order valence-electron chi connectivity index (χ0n) is 34.2. The van der Waals surface area contributed by atoms with E-state index < -0.39 is 12.1 Å². The molecule has 0 bridgehead atoms. The first-order valence-electron chi connectivity index (χ1n) is 22.9. The molecule has 0 saturated heterocycles. The molecule has 3 N–H and O–H groups in total. The molecule has 0 heterocycles. The number of aliphatic hydroxyl groups excluding tert-OH is 2. The molecule has 0 aromatic carbocycles. The number of allylic oxidation sites excluding steroid dienone is 1. The van der Waals surface area contributed by atoms with Gasteiger partial charge < -0.3 is 15.5 Å². The zero-order chi connectivity index (χ0) is 36.4. The molecule has 0 spiro atoms. The first-order valence-corrected chi connectivity index (χ1v) is 22.9. The van der Waals surface area contributed by atoms with Crippen molar-refractivity contribution in [3.63, 3.8) is 0 Å². The molecule has 0 aliphatic heterocycles. The molecule has 0 rings (SSSR count). The van der Waals surface area contributed by atoms with Crippen LogP contribution in [-0.2, 0) is 4.79 Å². The fourth-order valence-corrected chi connectivity index (χ4v) is 7.24. The minimum Gasteiger partial charge on any atom is -0.394 e. The van der Waals surface area contributed by atoms with Gasteiger partial charge in [-0.3, -0.25) is 4.79 Å². The number of aliphatic hydroxyl groups is 2. The number of nitrogens with one attached hydrogen (secondary N) is 1. The predicted molar refractivity (Wildman–Crippen MR) is 221 cm³/mol. The number of hydrogen-bond acceptors (Lipinski definition) is 3. The number of rotatable bonds is 42. The Morgan fingerprint density at radius 1 is 0.460 bits per heavy atom. The van der Waals surface area contributed by atoms with Gasteiger partial charge in [0.15, 0.2) is 0 Å². The fourth-order valence-electron chi connectivity index (χ4n) is 7.24. The minimum atomic E-state index is -0.833. The van der Waals surface area contributed by atoms with Gasteiger partial charge in [0.2, 0.25) is 5.91 Å². The molecule has 0 fully saturated rings. The van der Waals surface area contributed by atoms with E-state index in [1.165, 1.54) is 212 Å². The third kappa shape index (κ3) is 38.4. The topological polar surface area (TPSA) is 69.6 Å². The summed E-state index contributed by atoms with van der Waals surface area (Å²) >= 11 is 0. The molecule has 2 unspecified atom stereocenters. The molecule has 0 aromatic rings. The summed E-state index contributed by atoms with van der Waals surface area (Å²) < 4.78 is 0. The van der Waals surface area contributed by atoms with Crippen LogP contribution in [0.1, 0.15) is 258 Å². The largest absolute Gasteiger partial charge is 0.394 e. The van der Waals surface area contributed by atoms with E-state index in [4.69, 9.17) is 0 Å². The van der Waals surface area contributed by atoms with Gasteiger partial charge in [0.1, 0.15) is 0 Å². The van der Waals surface area contributed by atoms with E-state index in [0.29, 0.717) is 6.42 Å². The van der Waals surface area contributed by atoms with Crippen LogP contribution < -0.4 is 5.32 Å². The van der Waals surface area contributed by atoms with Crippen LogP contribution in [0.3, 0.4) is 0 Å². The van der Waals surface area contributed by atoms with Crippen molar-refractivity contribution in [2.75, 3.05) is 6.61 Å². The van der Waals surface area contributed by atoms with Gasteiger partial charge >= 0.3 is 0 Å². The Morgan fingerprint density at radius 2 is 0.740 bits per heavy atom. The summed E-state index contributed by atoms with van der Waals surface area (Å²) in [5.74, 6) is -0.0590. The molecule has 0 aliphatic rings. The highest BCUT2D eigenvalue weighted by Gasteiger charge is 2.17. The molecule has 2 atom stereocenters. The summed E-state index contributed by atoms with van der Waals surface area (Å²) in [5.41, 5.74) is 0. The Balaban J connectivity index is 3.47. The Morgan fingerprint density at radius 3 is 1.04 bits per heavy atom. The Kier molecular flexibility index (Phi) is 41.8. The van der Waals surface area contributed by atoms with Gasteiger partial charge in [-0.05, 0) is 19.3 Å². The Hall–Kier alpha value is -0.870. The SMILES string of the molecule is CCCCCCCCCCCCCC/C=C/C(O)C(CO)NC(=O)CCCCCCCCCCCCCCCCCCCCCCCCCC. The maximum atomic E-state index is 12.4. The first-order chi connectivity index (χ1) is 24.7. The predicted octanol–water partition coefficient (Wildman–Crippen LogP) is 14.2. The maximum absolute atomic E-state index is 12.4. The average molecular weight is 706 g/mol. The van der Waals surface area contributed by atoms with Crippen molar-refractivity contribution in [1.29, 1.82) is 0 Å². The van der Waals surface area contributed by atoms with Crippen molar-refractivity contribution in [1.82, 2.24) is 5.32 Å². The van der Waals surface area contributed by atoms with Gasteiger partial charge in [-0.2, -0.15) is 0 Å². The maximum Gasteiger partial charge on any atom is 0.220 e. The van der Waals surface area contributed by atoms with Crippen LogP contribution in [0.4, 0.5) is 0 Å². The highest BCUT2D eigenvalue weighted by Crippen LogP contribution is 2.16. The minimum absolute atomic E-state index is 0.0590. The summed E-state index contributed by atoms with van der Waals surface area (Å²) in [6, 6.07) is -0.616. The second-order valence-corrected chi connectivity index (χ2v) is 15.8. The van der Waals surface area contributed by atoms with Gasteiger partial charge in [0, 0.05) is 6.42 Å². The average Bonchev–Trinajstić information content (AvgIpc) is 3.12. The Labute approximate surface area is 314 Å². The molecule has 50 heavy (non-hydrogen) atoms.